The summed E-state index contributed by atoms with van der Waals surface area (Å²) in [4.78, 5) is 8.46. The summed E-state index contributed by atoms with van der Waals surface area (Å²) in [5, 5.41) is 4.33. The van der Waals surface area contributed by atoms with E-state index in [1.807, 2.05) is 7.05 Å². The molecule has 0 amide bonds. The van der Waals surface area contributed by atoms with Crippen LogP contribution in [0.25, 0.3) is 0 Å². The van der Waals surface area contributed by atoms with Crippen molar-refractivity contribution in [3.8, 4) is 0 Å². The van der Waals surface area contributed by atoms with E-state index in [2.05, 4.69) is 17.1 Å². The Labute approximate surface area is 125 Å². The number of nitrogens with one attached hydrogen (secondary N) is 1. The van der Waals surface area contributed by atoms with Gasteiger partial charge in [0.15, 0.2) is 5.13 Å². The second kappa shape index (κ2) is 7.36. The SMILES string of the molecule is CCCc1nc(N2CC(OC)C(OC)C2)sc1CNC. The highest BCUT2D eigenvalue weighted by atomic mass is 32.1. The largest absolute Gasteiger partial charge is 0.377 e. The van der Waals surface area contributed by atoms with E-state index in [1.54, 1.807) is 25.6 Å². The molecule has 2 rings (SSSR count). The molecule has 0 saturated carbocycles. The number of methoxy groups -OCH3 is 2. The van der Waals surface area contributed by atoms with Crippen molar-refractivity contribution >= 4 is 16.5 Å². The van der Waals surface area contributed by atoms with E-state index in [4.69, 9.17) is 14.5 Å². The van der Waals surface area contributed by atoms with Crippen LogP contribution in [0.3, 0.4) is 0 Å². The monoisotopic (exact) mass is 299 g/mol. The zero-order chi connectivity index (χ0) is 14.5. The first kappa shape index (κ1) is 15.7. The van der Waals surface area contributed by atoms with E-state index in [-0.39, 0.29) is 12.2 Å². The molecule has 2 unspecified atom stereocenters. The molecule has 1 aliphatic rings. The molecule has 1 aliphatic heterocycles. The summed E-state index contributed by atoms with van der Waals surface area (Å²) in [5.74, 6) is 0. The fourth-order valence-electron chi connectivity index (χ4n) is 2.59. The van der Waals surface area contributed by atoms with E-state index in [1.165, 1.54) is 10.6 Å². The normalized spacial score (nSPS) is 22.7. The van der Waals surface area contributed by atoms with Crippen LogP contribution in [0.1, 0.15) is 23.9 Å². The van der Waals surface area contributed by atoms with Gasteiger partial charge in [-0.15, -0.1) is 11.3 Å². The van der Waals surface area contributed by atoms with Crippen molar-refractivity contribution in [1.82, 2.24) is 10.3 Å². The maximum atomic E-state index is 5.50. The number of nitrogens with zero attached hydrogens (tertiary/aromatic N) is 2. The van der Waals surface area contributed by atoms with E-state index < -0.39 is 0 Å². The van der Waals surface area contributed by atoms with Crippen molar-refractivity contribution in [3.05, 3.63) is 10.6 Å². The zero-order valence-corrected chi connectivity index (χ0v) is 13.6. The first-order valence-electron chi connectivity index (χ1n) is 7.17. The Morgan fingerprint density at radius 1 is 1.30 bits per heavy atom. The number of anilines is 1. The highest BCUT2D eigenvalue weighted by Gasteiger charge is 2.34. The predicted molar refractivity (Wildman–Crippen MR) is 82.7 cm³/mol. The number of rotatable bonds is 7. The second-order valence-electron chi connectivity index (χ2n) is 5.10. The number of hydrogen-bond donors (Lipinski definition) is 1. The second-order valence-corrected chi connectivity index (χ2v) is 6.16. The molecule has 5 nitrogen and oxygen atoms in total. The molecule has 0 aromatic carbocycles. The van der Waals surface area contributed by atoms with Gasteiger partial charge in [-0.25, -0.2) is 4.98 Å². The van der Waals surface area contributed by atoms with Gasteiger partial charge < -0.3 is 19.7 Å². The number of thiazole rings is 1. The summed E-state index contributed by atoms with van der Waals surface area (Å²) in [7, 11) is 5.47. The van der Waals surface area contributed by atoms with E-state index in [9.17, 15) is 0 Å². The Hall–Kier alpha value is -0.690. The molecule has 1 aromatic rings. The number of aromatic nitrogens is 1. The first-order chi connectivity index (χ1) is 9.73. The van der Waals surface area contributed by atoms with Crippen molar-refractivity contribution < 1.29 is 9.47 Å². The van der Waals surface area contributed by atoms with Crippen LogP contribution in [0.4, 0.5) is 5.13 Å². The average molecular weight is 299 g/mol. The van der Waals surface area contributed by atoms with Gasteiger partial charge in [0.05, 0.1) is 5.69 Å². The topological polar surface area (TPSA) is 46.6 Å². The Morgan fingerprint density at radius 3 is 2.45 bits per heavy atom. The molecule has 2 atom stereocenters. The lowest BCUT2D eigenvalue weighted by Crippen LogP contribution is -2.27. The minimum atomic E-state index is 0.131. The molecule has 1 aromatic heterocycles. The van der Waals surface area contributed by atoms with Crippen LogP contribution in [0.2, 0.25) is 0 Å². The van der Waals surface area contributed by atoms with Crippen molar-refractivity contribution in [1.29, 1.82) is 0 Å². The molecule has 2 heterocycles. The fourth-order valence-corrected chi connectivity index (χ4v) is 3.73. The van der Waals surface area contributed by atoms with Crippen molar-refractivity contribution in [2.24, 2.45) is 0 Å². The van der Waals surface area contributed by atoms with E-state index >= 15 is 0 Å². The number of ether oxygens (including phenoxy) is 2. The standard InChI is InChI=1S/C14H25N3O2S/c1-5-6-10-13(7-15-2)20-14(16-10)17-8-11(18-3)12(9-17)19-4/h11-12,15H,5-9H2,1-4H3. The fraction of sp³-hybridized carbons (Fsp3) is 0.786. The summed E-state index contributed by atoms with van der Waals surface area (Å²) < 4.78 is 11.0. The van der Waals surface area contributed by atoms with E-state index in [0.717, 1.165) is 37.6 Å². The molecule has 0 spiro atoms. The Morgan fingerprint density at radius 2 is 1.95 bits per heavy atom. The summed E-state index contributed by atoms with van der Waals surface area (Å²) in [6.07, 6.45) is 2.43. The molecule has 1 N–H and O–H groups in total. The highest BCUT2D eigenvalue weighted by Crippen LogP contribution is 2.30. The van der Waals surface area contributed by atoms with Gasteiger partial charge in [-0.3, -0.25) is 0 Å². The Bertz CT molecular complexity index is 389. The summed E-state index contributed by atoms with van der Waals surface area (Å²) in [6.45, 7) is 4.79. The predicted octanol–water partition coefficient (Wildman–Crippen LogP) is 1.67. The van der Waals surface area contributed by atoms with Crippen LogP contribution >= 0.6 is 11.3 Å². The van der Waals surface area contributed by atoms with Gasteiger partial charge in [-0.05, 0) is 13.5 Å². The average Bonchev–Trinajstić information content (AvgIpc) is 3.03. The van der Waals surface area contributed by atoms with Crippen molar-refractivity contribution in [2.75, 3.05) is 39.3 Å². The maximum Gasteiger partial charge on any atom is 0.186 e. The lowest BCUT2D eigenvalue weighted by Gasteiger charge is -2.13. The summed E-state index contributed by atoms with van der Waals surface area (Å²) in [6, 6.07) is 0. The Kier molecular flexibility index (Phi) is 5.77. The van der Waals surface area contributed by atoms with Crippen molar-refractivity contribution in [2.45, 2.75) is 38.5 Å². The molecule has 1 saturated heterocycles. The molecule has 0 aliphatic carbocycles. The molecule has 6 heteroatoms. The van der Waals surface area contributed by atoms with Gasteiger partial charge in [0.1, 0.15) is 12.2 Å². The molecule has 20 heavy (non-hydrogen) atoms. The quantitative estimate of drug-likeness (QED) is 0.830. The number of hydrogen-bond acceptors (Lipinski definition) is 6. The maximum absolute atomic E-state index is 5.50. The molecule has 0 radical (unpaired) electrons. The van der Waals surface area contributed by atoms with Crippen LogP contribution < -0.4 is 10.2 Å². The van der Waals surface area contributed by atoms with E-state index in [0.29, 0.717) is 0 Å². The third kappa shape index (κ3) is 3.31. The molecular weight excluding hydrogens is 274 g/mol. The minimum Gasteiger partial charge on any atom is -0.377 e. The minimum absolute atomic E-state index is 0.131. The lowest BCUT2D eigenvalue weighted by molar-refractivity contribution is -0.00461. The Balaban J connectivity index is 2.14. The van der Waals surface area contributed by atoms with Crippen LogP contribution in [0.15, 0.2) is 0 Å². The first-order valence-corrected chi connectivity index (χ1v) is 7.98. The van der Waals surface area contributed by atoms with Gasteiger partial charge in [-0.1, -0.05) is 13.3 Å². The van der Waals surface area contributed by atoms with Crippen LogP contribution in [-0.4, -0.2) is 51.5 Å². The van der Waals surface area contributed by atoms with Gasteiger partial charge in [0, 0.05) is 38.7 Å². The van der Waals surface area contributed by atoms with Gasteiger partial charge >= 0.3 is 0 Å². The van der Waals surface area contributed by atoms with Gasteiger partial charge in [-0.2, -0.15) is 0 Å². The third-order valence-electron chi connectivity index (χ3n) is 3.68. The molecular formula is C14H25N3O2S. The van der Waals surface area contributed by atoms with Crippen LogP contribution in [0, 0.1) is 0 Å². The van der Waals surface area contributed by atoms with Crippen molar-refractivity contribution in [3.63, 3.8) is 0 Å². The summed E-state index contributed by atoms with van der Waals surface area (Å²) in [5.41, 5.74) is 1.23. The van der Waals surface area contributed by atoms with Crippen LogP contribution in [-0.2, 0) is 22.4 Å². The third-order valence-corrected chi connectivity index (χ3v) is 4.84. The molecule has 114 valence electrons. The van der Waals surface area contributed by atoms with Gasteiger partial charge in [0.2, 0.25) is 0 Å². The number of aryl methyl sites for hydroxylation is 1. The molecule has 0 bridgehead atoms. The highest BCUT2D eigenvalue weighted by molar-refractivity contribution is 7.15. The zero-order valence-electron chi connectivity index (χ0n) is 12.8. The van der Waals surface area contributed by atoms with Gasteiger partial charge in [0.25, 0.3) is 0 Å². The smallest absolute Gasteiger partial charge is 0.186 e. The van der Waals surface area contributed by atoms with Crippen LogP contribution in [0.5, 0.6) is 0 Å². The lowest BCUT2D eigenvalue weighted by atomic mass is 10.2. The summed E-state index contributed by atoms with van der Waals surface area (Å²) >= 11 is 1.79. The molecule has 1 fully saturated rings.